The number of fused-ring (bicyclic) bond motifs is 1. The van der Waals surface area contributed by atoms with Crippen molar-refractivity contribution in [3.8, 4) is 5.88 Å². The lowest BCUT2D eigenvalue weighted by Crippen LogP contribution is -2.06. The molecule has 2 heterocycles. The van der Waals surface area contributed by atoms with Crippen LogP contribution in [0, 0.1) is 6.92 Å². The molecule has 0 aliphatic rings. The molecule has 0 saturated carbocycles. The van der Waals surface area contributed by atoms with Gasteiger partial charge >= 0.3 is 0 Å². The van der Waals surface area contributed by atoms with E-state index in [1.807, 2.05) is 49.4 Å². The number of nitrogens with one attached hydrogen (secondary N) is 1. The molecule has 27 heavy (non-hydrogen) atoms. The van der Waals surface area contributed by atoms with Crippen molar-refractivity contribution in [2.24, 2.45) is 0 Å². The fraction of sp³-hybridized carbons (Fsp3) is 0.190. The largest absolute Gasteiger partial charge is 0.481 e. The van der Waals surface area contributed by atoms with Crippen molar-refractivity contribution >= 4 is 22.8 Å². The van der Waals surface area contributed by atoms with E-state index in [0.29, 0.717) is 11.6 Å². The Labute approximate surface area is 162 Å². The molecule has 0 fully saturated rings. The van der Waals surface area contributed by atoms with E-state index in [0.717, 1.165) is 39.7 Å². The minimum atomic E-state index is 0.628. The number of aryl methyl sites for hydroxylation is 1. The lowest BCUT2D eigenvalue weighted by atomic mass is 10.0. The highest BCUT2D eigenvalue weighted by atomic mass is 32.2. The maximum Gasteiger partial charge on any atom is 0.220 e. The van der Waals surface area contributed by atoms with Crippen LogP contribution >= 0.6 is 11.8 Å². The van der Waals surface area contributed by atoms with Crippen molar-refractivity contribution in [1.82, 2.24) is 19.9 Å². The van der Waals surface area contributed by atoms with Crippen LogP contribution in [0.2, 0.25) is 0 Å². The van der Waals surface area contributed by atoms with Gasteiger partial charge in [0.1, 0.15) is 5.82 Å². The molecule has 1 N–H and O–H groups in total. The summed E-state index contributed by atoms with van der Waals surface area (Å²) in [5, 5.41) is 0.866. The molecule has 0 radical (unpaired) electrons. The van der Waals surface area contributed by atoms with Crippen LogP contribution in [0.15, 0.2) is 59.8 Å². The average molecular weight is 376 g/mol. The van der Waals surface area contributed by atoms with Crippen LogP contribution in [0.4, 0.5) is 0 Å². The van der Waals surface area contributed by atoms with Gasteiger partial charge in [0.2, 0.25) is 5.88 Å². The summed E-state index contributed by atoms with van der Waals surface area (Å²) in [5.41, 5.74) is 5.19. The Balaban J connectivity index is 1.53. The Morgan fingerprint density at radius 2 is 1.74 bits per heavy atom. The van der Waals surface area contributed by atoms with E-state index in [2.05, 4.69) is 27.1 Å². The Morgan fingerprint density at radius 3 is 2.52 bits per heavy atom. The van der Waals surface area contributed by atoms with Gasteiger partial charge in [0.15, 0.2) is 5.16 Å². The van der Waals surface area contributed by atoms with Gasteiger partial charge in [-0.25, -0.2) is 9.97 Å². The van der Waals surface area contributed by atoms with Gasteiger partial charge in [0.05, 0.1) is 23.9 Å². The number of thioether (sulfide) groups is 1. The first kappa shape index (κ1) is 17.5. The van der Waals surface area contributed by atoms with Gasteiger partial charge < -0.3 is 9.72 Å². The quantitative estimate of drug-likeness (QED) is 0.500. The zero-order chi connectivity index (χ0) is 18.6. The number of aromatic amines is 1. The van der Waals surface area contributed by atoms with Gasteiger partial charge in [-0.3, -0.25) is 0 Å². The van der Waals surface area contributed by atoms with E-state index in [1.165, 1.54) is 5.56 Å². The number of ether oxygens (including phenoxy) is 1. The summed E-state index contributed by atoms with van der Waals surface area (Å²) in [6, 6.07) is 18.3. The Morgan fingerprint density at radius 1 is 0.963 bits per heavy atom. The smallest absolute Gasteiger partial charge is 0.220 e. The monoisotopic (exact) mass is 376 g/mol. The number of imidazole rings is 1. The van der Waals surface area contributed by atoms with Crippen LogP contribution in [0.25, 0.3) is 11.0 Å². The third-order valence-corrected chi connectivity index (χ3v) is 5.21. The lowest BCUT2D eigenvalue weighted by Gasteiger charge is -2.12. The summed E-state index contributed by atoms with van der Waals surface area (Å²) in [4.78, 5) is 17.2. The summed E-state index contributed by atoms with van der Waals surface area (Å²) in [7, 11) is 1.66. The first-order chi connectivity index (χ1) is 13.2. The molecule has 5 nitrogen and oxygen atoms in total. The van der Waals surface area contributed by atoms with Crippen molar-refractivity contribution in [2.75, 3.05) is 7.11 Å². The average Bonchev–Trinajstić information content (AvgIpc) is 3.12. The SMILES string of the molecule is COc1nc(CSc2nc3ccccc3[nH]2)nc(C)c1Cc1ccccc1. The van der Waals surface area contributed by atoms with Crippen LogP contribution in [0.5, 0.6) is 5.88 Å². The van der Waals surface area contributed by atoms with Crippen LogP contribution in [-0.4, -0.2) is 27.0 Å². The second-order valence-corrected chi connectivity index (χ2v) is 7.19. The lowest BCUT2D eigenvalue weighted by molar-refractivity contribution is 0.390. The summed E-state index contributed by atoms with van der Waals surface area (Å²) in [6.45, 7) is 2.01. The molecule has 0 saturated heterocycles. The normalized spacial score (nSPS) is 11.0. The van der Waals surface area contributed by atoms with Crippen molar-refractivity contribution in [3.05, 3.63) is 77.2 Å². The second-order valence-electron chi connectivity index (χ2n) is 6.22. The van der Waals surface area contributed by atoms with Crippen LogP contribution in [-0.2, 0) is 12.2 Å². The molecule has 0 aliphatic heterocycles. The number of para-hydroxylation sites is 2. The molecule has 4 rings (SSSR count). The third kappa shape index (κ3) is 3.95. The molecule has 6 heteroatoms. The van der Waals surface area contributed by atoms with Gasteiger partial charge in [0, 0.05) is 17.7 Å². The molecule has 136 valence electrons. The number of benzene rings is 2. The van der Waals surface area contributed by atoms with Crippen molar-refractivity contribution in [1.29, 1.82) is 0 Å². The van der Waals surface area contributed by atoms with Crippen molar-refractivity contribution in [2.45, 2.75) is 24.3 Å². The van der Waals surface area contributed by atoms with E-state index in [1.54, 1.807) is 18.9 Å². The highest BCUT2D eigenvalue weighted by molar-refractivity contribution is 7.98. The van der Waals surface area contributed by atoms with Gasteiger partial charge in [-0.2, -0.15) is 4.98 Å². The highest BCUT2D eigenvalue weighted by Gasteiger charge is 2.14. The molecule has 0 aliphatic carbocycles. The minimum absolute atomic E-state index is 0.628. The van der Waals surface area contributed by atoms with Crippen LogP contribution in [0.1, 0.15) is 22.6 Å². The summed E-state index contributed by atoms with van der Waals surface area (Å²) in [5.74, 6) is 2.01. The molecule has 0 unspecified atom stereocenters. The Hall–Kier alpha value is -2.86. The Bertz CT molecular complexity index is 1030. The molecule has 0 atom stereocenters. The molecule has 0 bridgehead atoms. The van der Waals surface area contributed by atoms with Gasteiger partial charge in [0.25, 0.3) is 0 Å². The molecule has 2 aromatic heterocycles. The van der Waals surface area contributed by atoms with E-state index in [-0.39, 0.29) is 0 Å². The molecule has 0 spiro atoms. The molecular weight excluding hydrogens is 356 g/mol. The highest BCUT2D eigenvalue weighted by Crippen LogP contribution is 2.26. The van der Waals surface area contributed by atoms with Crippen molar-refractivity contribution in [3.63, 3.8) is 0 Å². The maximum absolute atomic E-state index is 5.56. The van der Waals surface area contributed by atoms with E-state index >= 15 is 0 Å². The standard InChI is InChI=1S/C21H20N4OS/c1-14-16(12-15-8-4-3-5-9-15)20(26-2)25-19(22-14)13-27-21-23-17-10-6-7-11-18(17)24-21/h3-11H,12-13H2,1-2H3,(H,23,24). The number of methoxy groups -OCH3 is 1. The van der Waals surface area contributed by atoms with Gasteiger partial charge in [-0.1, -0.05) is 54.2 Å². The number of rotatable bonds is 6. The number of H-pyrrole nitrogens is 1. The molecule has 4 aromatic rings. The summed E-state index contributed by atoms with van der Waals surface area (Å²) >= 11 is 1.59. The predicted molar refractivity (Wildman–Crippen MR) is 108 cm³/mol. The minimum Gasteiger partial charge on any atom is -0.481 e. The zero-order valence-electron chi connectivity index (χ0n) is 15.3. The summed E-state index contributed by atoms with van der Waals surface area (Å²) in [6.07, 6.45) is 0.757. The molecule has 2 aromatic carbocycles. The third-order valence-electron chi connectivity index (χ3n) is 4.34. The Kier molecular flexibility index (Phi) is 5.07. The van der Waals surface area contributed by atoms with Crippen LogP contribution < -0.4 is 4.74 Å². The van der Waals surface area contributed by atoms with Crippen LogP contribution in [0.3, 0.4) is 0 Å². The first-order valence-corrected chi connectivity index (χ1v) is 9.73. The van der Waals surface area contributed by atoms with E-state index in [4.69, 9.17) is 9.72 Å². The second kappa shape index (κ2) is 7.80. The fourth-order valence-electron chi connectivity index (χ4n) is 2.99. The van der Waals surface area contributed by atoms with Crippen molar-refractivity contribution < 1.29 is 4.74 Å². The predicted octanol–water partition coefficient (Wildman–Crippen LogP) is 4.55. The van der Waals surface area contributed by atoms with E-state index in [9.17, 15) is 0 Å². The number of nitrogens with zero attached hydrogens (tertiary/aromatic N) is 3. The van der Waals surface area contributed by atoms with Gasteiger partial charge in [-0.15, -0.1) is 0 Å². The van der Waals surface area contributed by atoms with E-state index < -0.39 is 0 Å². The molecular formula is C21H20N4OS. The first-order valence-electron chi connectivity index (χ1n) is 8.75. The van der Waals surface area contributed by atoms with Gasteiger partial charge in [-0.05, 0) is 24.6 Å². The fourth-order valence-corrected chi connectivity index (χ4v) is 3.73. The number of aromatic nitrogens is 4. The molecule has 0 amide bonds. The zero-order valence-corrected chi connectivity index (χ0v) is 16.1. The topological polar surface area (TPSA) is 63.7 Å². The number of hydrogen-bond donors (Lipinski definition) is 1. The summed E-state index contributed by atoms with van der Waals surface area (Å²) < 4.78 is 5.56. The number of hydrogen-bond acceptors (Lipinski definition) is 5. The maximum atomic E-state index is 5.56.